The smallest absolute Gasteiger partial charge is 0.0515 e. The van der Waals surface area contributed by atoms with E-state index in [9.17, 15) is 5.11 Å². The lowest BCUT2D eigenvalue weighted by Crippen LogP contribution is -2.10. The second-order valence-corrected chi connectivity index (χ2v) is 4.45. The Balaban J connectivity index is 2.57. The van der Waals surface area contributed by atoms with E-state index in [2.05, 4.69) is 43.3 Å². The first-order valence-electron chi connectivity index (χ1n) is 5.48. The molecule has 84 valence electrons. The van der Waals surface area contributed by atoms with Crippen LogP contribution in [0.1, 0.15) is 24.5 Å². The molecule has 0 fully saturated rings. The number of benzene rings is 1. The van der Waals surface area contributed by atoms with Gasteiger partial charge >= 0.3 is 0 Å². The summed E-state index contributed by atoms with van der Waals surface area (Å²) in [5, 5.41) is 9.22. The third kappa shape index (κ3) is 4.96. The monoisotopic (exact) mass is 207 g/mol. The predicted octanol–water partition coefficient (Wildman–Crippen LogP) is 2.06. The Hall–Kier alpha value is -0.860. The van der Waals surface area contributed by atoms with Gasteiger partial charge in [0, 0.05) is 6.54 Å². The molecule has 1 aromatic carbocycles. The summed E-state index contributed by atoms with van der Waals surface area (Å²) in [6.07, 6.45) is 1.59. The number of rotatable bonds is 5. The molecule has 1 aromatic rings. The quantitative estimate of drug-likeness (QED) is 0.799. The summed E-state index contributed by atoms with van der Waals surface area (Å²) in [6, 6.07) is 8.59. The average Bonchev–Trinajstić information content (AvgIpc) is 2.14. The van der Waals surface area contributed by atoms with Crippen LogP contribution < -0.4 is 0 Å². The van der Waals surface area contributed by atoms with Crippen molar-refractivity contribution in [3.63, 3.8) is 0 Å². The zero-order chi connectivity index (χ0) is 11.3. The third-order valence-corrected chi connectivity index (χ3v) is 2.34. The van der Waals surface area contributed by atoms with Gasteiger partial charge in [-0.2, -0.15) is 0 Å². The van der Waals surface area contributed by atoms with Gasteiger partial charge in [0.05, 0.1) is 6.10 Å². The number of hydrogen-bond donors (Lipinski definition) is 1. The van der Waals surface area contributed by atoms with Gasteiger partial charge in [-0.05, 0) is 45.0 Å². The zero-order valence-corrected chi connectivity index (χ0v) is 9.90. The Bertz CT molecular complexity index is 294. The highest BCUT2D eigenvalue weighted by Gasteiger charge is 2.00. The van der Waals surface area contributed by atoms with Gasteiger partial charge < -0.3 is 10.0 Å². The van der Waals surface area contributed by atoms with Gasteiger partial charge in [0.1, 0.15) is 0 Å². The topological polar surface area (TPSA) is 23.5 Å². The van der Waals surface area contributed by atoms with Crippen molar-refractivity contribution in [2.24, 2.45) is 0 Å². The maximum absolute atomic E-state index is 9.22. The van der Waals surface area contributed by atoms with Crippen molar-refractivity contribution in [2.45, 2.75) is 32.4 Å². The largest absolute Gasteiger partial charge is 0.393 e. The van der Waals surface area contributed by atoms with Crippen molar-refractivity contribution in [3.8, 4) is 0 Å². The van der Waals surface area contributed by atoms with Crippen LogP contribution in [0.2, 0.25) is 0 Å². The predicted molar refractivity (Wildman–Crippen MR) is 63.8 cm³/mol. The normalized spacial score (nSPS) is 13.1. The Kier molecular flexibility index (Phi) is 4.79. The van der Waals surface area contributed by atoms with E-state index in [-0.39, 0.29) is 6.10 Å². The molecule has 1 rings (SSSR count). The van der Waals surface area contributed by atoms with Crippen LogP contribution in [0.4, 0.5) is 0 Å². The summed E-state index contributed by atoms with van der Waals surface area (Å²) in [5.74, 6) is 0. The molecule has 0 spiro atoms. The standard InChI is InChI=1S/C13H21NO/c1-11(15)7-8-12-5-4-6-13(9-12)10-14(2)3/h4-6,9,11,15H,7-8,10H2,1-3H3/t11-/m0/s1. The summed E-state index contributed by atoms with van der Waals surface area (Å²) in [7, 11) is 4.14. The van der Waals surface area contributed by atoms with E-state index in [4.69, 9.17) is 0 Å². The first kappa shape index (κ1) is 12.2. The second kappa shape index (κ2) is 5.89. The average molecular weight is 207 g/mol. The van der Waals surface area contributed by atoms with Crippen molar-refractivity contribution in [1.29, 1.82) is 0 Å². The highest BCUT2D eigenvalue weighted by Crippen LogP contribution is 2.10. The minimum atomic E-state index is -0.206. The van der Waals surface area contributed by atoms with Crippen LogP contribution >= 0.6 is 0 Å². The molecule has 2 nitrogen and oxygen atoms in total. The molecule has 15 heavy (non-hydrogen) atoms. The van der Waals surface area contributed by atoms with Crippen LogP contribution in [-0.4, -0.2) is 30.2 Å². The van der Waals surface area contributed by atoms with Gasteiger partial charge in [-0.25, -0.2) is 0 Å². The number of hydrogen-bond acceptors (Lipinski definition) is 2. The van der Waals surface area contributed by atoms with Crippen LogP contribution in [0.25, 0.3) is 0 Å². The van der Waals surface area contributed by atoms with Crippen molar-refractivity contribution in [1.82, 2.24) is 4.90 Å². The molecule has 0 saturated heterocycles. The fourth-order valence-corrected chi connectivity index (χ4v) is 1.62. The van der Waals surface area contributed by atoms with Gasteiger partial charge in [-0.15, -0.1) is 0 Å². The van der Waals surface area contributed by atoms with E-state index in [0.29, 0.717) is 0 Å². The minimum Gasteiger partial charge on any atom is -0.393 e. The van der Waals surface area contributed by atoms with Crippen molar-refractivity contribution >= 4 is 0 Å². The summed E-state index contributed by atoms with van der Waals surface area (Å²) in [6.45, 7) is 2.81. The van der Waals surface area contributed by atoms with Gasteiger partial charge in [-0.3, -0.25) is 0 Å². The number of aliphatic hydroxyl groups is 1. The van der Waals surface area contributed by atoms with E-state index >= 15 is 0 Å². The highest BCUT2D eigenvalue weighted by atomic mass is 16.3. The summed E-state index contributed by atoms with van der Waals surface area (Å²) in [5.41, 5.74) is 2.65. The minimum absolute atomic E-state index is 0.206. The fourth-order valence-electron chi connectivity index (χ4n) is 1.62. The molecule has 1 N–H and O–H groups in total. The molecule has 0 bridgehead atoms. The molecular formula is C13H21NO. The SMILES string of the molecule is C[C@H](O)CCc1cccc(CN(C)C)c1. The lowest BCUT2D eigenvalue weighted by atomic mass is 10.0. The molecular weight excluding hydrogens is 186 g/mol. The summed E-state index contributed by atoms with van der Waals surface area (Å²) >= 11 is 0. The third-order valence-electron chi connectivity index (χ3n) is 2.34. The molecule has 0 saturated carbocycles. The highest BCUT2D eigenvalue weighted by molar-refractivity contribution is 5.23. The number of aryl methyl sites for hydroxylation is 1. The van der Waals surface area contributed by atoms with Crippen molar-refractivity contribution < 1.29 is 5.11 Å². The lowest BCUT2D eigenvalue weighted by molar-refractivity contribution is 0.185. The van der Waals surface area contributed by atoms with Gasteiger partial charge in [0.25, 0.3) is 0 Å². The molecule has 0 aliphatic heterocycles. The van der Waals surface area contributed by atoms with E-state index in [1.54, 1.807) is 0 Å². The van der Waals surface area contributed by atoms with Crippen LogP contribution in [0.3, 0.4) is 0 Å². The Morgan fingerprint density at radius 1 is 1.27 bits per heavy atom. The van der Waals surface area contributed by atoms with E-state index < -0.39 is 0 Å². The van der Waals surface area contributed by atoms with Crippen LogP contribution in [-0.2, 0) is 13.0 Å². The van der Waals surface area contributed by atoms with Crippen molar-refractivity contribution in [2.75, 3.05) is 14.1 Å². The first-order chi connectivity index (χ1) is 7.08. The zero-order valence-electron chi connectivity index (χ0n) is 9.90. The fraction of sp³-hybridized carbons (Fsp3) is 0.538. The van der Waals surface area contributed by atoms with E-state index in [0.717, 1.165) is 19.4 Å². The Morgan fingerprint density at radius 2 is 1.93 bits per heavy atom. The molecule has 0 aromatic heterocycles. The maximum Gasteiger partial charge on any atom is 0.0515 e. The molecule has 2 heteroatoms. The summed E-state index contributed by atoms with van der Waals surface area (Å²) in [4.78, 5) is 2.16. The van der Waals surface area contributed by atoms with Gasteiger partial charge in [0.15, 0.2) is 0 Å². The molecule has 0 unspecified atom stereocenters. The van der Waals surface area contributed by atoms with Crippen LogP contribution in [0.5, 0.6) is 0 Å². The second-order valence-electron chi connectivity index (χ2n) is 4.45. The lowest BCUT2D eigenvalue weighted by Gasteiger charge is -2.11. The molecule has 0 amide bonds. The molecule has 0 heterocycles. The number of aliphatic hydroxyl groups excluding tert-OH is 1. The number of nitrogens with zero attached hydrogens (tertiary/aromatic N) is 1. The molecule has 0 radical (unpaired) electrons. The van der Waals surface area contributed by atoms with Gasteiger partial charge in [0.2, 0.25) is 0 Å². The maximum atomic E-state index is 9.22. The van der Waals surface area contributed by atoms with Crippen LogP contribution in [0, 0.1) is 0 Å². The summed E-state index contributed by atoms with van der Waals surface area (Å²) < 4.78 is 0. The Morgan fingerprint density at radius 3 is 2.53 bits per heavy atom. The first-order valence-corrected chi connectivity index (χ1v) is 5.48. The van der Waals surface area contributed by atoms with E-state index in [1.807, 2.05) is 6.92 Å². The molecule has 1 atom stereocenters. The Labute approximate surface area is 92.5 Å². The molecule has 0 aliphatic rings. The van der Waals surface area contributed by atoms with Gasteiger partial charge in [-0.1, -0.05) is 24.3 Å². The van der Waals surface area contributed by atoms with E-state index in [1.165, 1.54) is 11.1 Å². The van der Waals surface area contributed by atoms with Crippen molar-refractivity contribution in [3.05, 3.63) is 35.4 Å². The molecule has 0 aliphatic carbocycles. The van der Waals surface area contributed by atoms with Crippen LogP contribution in [0.15, 0.2) is 24.3 Å².